The molecular formula is C13H24N2S. The molecule has 0 amide bonds. The van der Waals surface area contributed by atoms with Gasteiger partial charge in [-0.15, -0.1) is 0 Å². The third-order valence-corrected chi connectivity index (χ3v) is 5.18. The van der Waals surface area contributed by atoms with Crippen LogP contribution in [0.4, 0.5) is 0 Å². The molecule has 1 unspecified atom stereocenters. The van der Waals surface area contributed by atoms with Crippen molar-refractivity contribution < 1.29 is 0 Å². The van der Waals surface area contributed by atoms with Crippen LogP contribution < -0.4 is 10.6 Å². The van der Waals surface area contributed by atoms with E-state index in [1.807, 2.05) is 11.8 Å². The quantitative estimate of drug-likeness (QED) is 0.739. The second-order valence-corrected chi connectivity index (χ2v) is 6.30. The van der Waals surface area contributed by atoms with Crippen LogP contribution in [0.2, 0.25) is 0 Å². The van der Waals surface area contributed by atoms with Gasteiger partial charge in [0.25, 0.3) is 0 Å². The second-order valence-electron chi connectivity index (χ2n) is 5.10. The van der Waals surface area contributed by atoms with Crippen molar-refractivity contribution in [2.45, 2.75) is 50.9 Å². The summed E-state index contributed by atoms with van der Waals surface area (Å²) in [5.41, 5.74) is 0.818. The fraction of sp³-hybridized carbons (Fsp3) is 0.846. The molecule has 16 heavy (non-hydrogen) atoms. The van der Waals surface area contributed by atoms with Gasteiger partial charge in [-0.1, -0.05) is 44.5 Å². The molecule has 1 saturated heterocycles. The molecule has 1 heterocycles. The Morgan fingerprint density at radius 3 is 2.88 bits per heavy atom. The first-order valence-corrected chi connectivity index (χ1v) is 7.48. The van der Waals surface area contributed by atoms with Crippen molar-refractivity contribution in [1.82, 2.24) is 10.6 Å². The zero-order valence-corrected chi connectivity index (χ0v) is 11.2. The van der Waals surface area contributed by atoms with Crippen molar-refractivity contribution in [3.05, 3.63) is 11.5 Å². The summed E-state index contributed by atoms with van der Waals surface area (Å²) in [5.74, 6) is 0. The number of nitrogens with one attached hydrogen (secondary N) is 2. The molecule has 1 saturated carbocycles. The zero-order chi connectivity index (χ0) is 11.4. The summed E-state index contributed by atoms with van der Waals surface area (Å²) in [4.78, 5) is 1.41. The van der Waals surface area contributed by atoms with Crippen LogP contribution in [0.25, 0.3) is 0 Å². The van der Waals surface area contributed by atoms with Gasteiger partial charge in [-0.25, -0.2) is 0 Å². The summed E-state index contributed by atoms with van der Waals surface area (Å²) in [6.07, 6.45) is 7.97. The van der Waals surface area contributed by atoms with Crippen LogP contribution in [0.5, 0.6) is 0 Å². The van der Waals surface area contributed by atoms with Gasteiger partial charge in [0, 0.05) is 12.0 Å². The molecule has 0 aromatic heterocycles. The SMILES string of the molecule is C=C1SC(NCCCC)NCC12CCCC2. The Morgan fingerprint density at radius 2 is 2.25 bits per heavy atom. The van der Waals surface area contributed by atoms with Gasteiger partial charge in [0.2, 0.25) is 0 Å². The lowest BCUT2D eigenvalue weighted by atomic mass is 9.86. The van der Waals surface area contributed by atoms with Gasteiger partial charge in [-0.3, -0.25) is 10.6 Å². The molecule has 1 atom stereocenters. The highest BCUT2D eigenvalue weighted by atomic mass is 32.2. The maximum atomic E-state index is 4.31. The molecule has 1 aliphatic heterocycles. The molecule has 0 aromatic rings. The first-order valence-electron chi connectivity index (χ1n) is 6.60. The highest BCUT2D eigenvalue weighted by molar-refractivity contribution is 8.03. The topological polar surface area (TPSA) is 24.1 Å². The molecule has 3 heteroatoms. The third-order valence-electron chi connectivity index (χ3n) is 3.90. The van der Waals surface area contributed by atoms with Crippen LogP contribution in [0.3, 0.4) is 0 Å². The van der Waals surface area contributed by atoms with Crippen LogP contribution in [-0.4, -0.2) is 18.6 Å². The second kappa shape index (κ2) is 5.56. The van der Waals surface area contributed by atoms with Crippen molar-refractivity contribution >= 4 is 11.8 Å². The lowest BCUT2D eigenvalue weighted by Gasteiger charge is -2.39. The van der Waals surface area contributed by atoms with E-state index in [2.05, 4.69) is 24.1 Å². The number of hydrogen-bond donors (Lipinski definition) is 2. The van der Waals surface area contributed by atoms with Crippen LogP contribution in [0, 0.1) is 5.41 Å². The Morgan fingerprint density at radius 1 is 1.50 bits per heavy atom. The maximum absolute atomic E-state index is 4.31. The van der Waals surface area contributed by atoms with Crippen molar-refractivity contribution in [1.29, 1.82) is 0 Å². The lowest BCUT2D eigenvalue weighted by Crippen LogP contribution is -2.49. The first kappa shape index (κ1) is 12.5. The predicted molar refractivity (Wildman–Crippen MR) is 72.3 cm³/mol. The van der Waals surface area contributed by atoms with Gasteiger partial charge in [-0.05, 0) is 30.7 Å². The molecule has 0 radical (unpaired) electrons. The summed E-state index contributed by atoms with van der Waals surface area (Å²) >= 11 is 1.92. The van der Waals surface area contributed by atoms with Crippen LogP contribution in [-0.2, 0) is 0 Å². The van der Waals surface area contributed by atoms with E-state index in [0.29, 0.717) is 10.9 Å². The Labute approximate surface area is 104 Å². The average Bonchev–Trinajstić information content (AvgIpc) is 2.74. The molecule has 0 bridgehead atoms. The van der Waals surface area contributed by atoms with Gasteiger partial charge in [0.1, 0.15) is 5.50 Å². The highest BCUT2D eigenvalue weighted by Crippen LogP contribution is 2.50. The van der Waals surface area contributed by atoms with Crippen LogP contribution in [0.1, 0.15) is 45.4 Å². The Hall–Kier alpha value is 0.01000. The average molecular weight is 240 g/mol. The summed E-state index contributed by atoms with van der Waals surface area (Å²) in [5, 5.41) is 7.18. The van der Waals surface area contributed by atoms with Gasteiger partial charge < -0.3 is 0 Å². The monoisotopic (exact) mass is 240 g/mol. The van der Waals surface area contributed by atoms with Gasteiger partial charge in [-0.2, -0.15) is 0 Å². The largest absolute Gasteiger partial charge is 0.293 e. The highest BCUT2D eigenvalue weighted by Gasteiger charge is 2.40. The van der Waals surface area contributed by atoms with Gasteiger partial charge >= 0.3 is 0 Å². The zero-order valence-electron chi connectivity index (χ0n) is 10.3. The van der Waals surface area contributed by atoms with E-state index in [1.54, 1.807) is 0 Å². The summed E-state index contributed by atoms with van der Waals surface area (Å²) in [6.45, 7) is 8.78. The van der Waals surface area contributed by atoms with E-state index in [9.17, 15) is 0 Å². The smallest absolute Gasteiger partial charge is 0.110 e. The van der Waals surface area contributed by atoms with E-state index in [0.717, 1.165) is 13.1 Å². The number of thioether (sulfide) groups is 1. The van der Waals surface area contributed by atoms with E-state index < -0.39 is 0 Å². The standard InChI is InChI=1S/C13H24N2S/c1-3-4-9-14-12-15-10-13(11(2)16-12)7-5-6-8-13/h12,14-15H,2-10H2,1H3. The van der Waals surface area contributed by atoms with Crippen LogP contribution >= 0.6 is 11.8 Å². The molecule has 2 fully saturated rings. The van der Waals surface area contributed by atoms with E-state index in [1.165, 1.54) is 43.4 Å². The van der Waals surface area contributed by atoms with E-state index in [-0.39, 0.29) is 0 Å². The van der Waals surface area contributed by atoms with Crippen molar-refractivity contribution in [2.24, 2.45) is 5.41 Å². The predicted octanol–water partition coefficient (Wildman–Crippen LogP) is 3.07. The first-order chi connectivity index (χ1) is 7.77. The third kappa shape index (κ3) is 2.63. The van der Waals surface area contributed by atoms with E-state index in [4.69, 9.17) is 0 Å². The Balaban J connectivity index is 1.80. The Bertz CT molecular complexity index is 246. The molecule has 92 valence electrons. The summed E-state index contributed by atoms with van der Waals surface area (Å²) < 4.78 is 0. The van der Waals surface area contributed by atoms with E-state index >= 15 is 0 Å². The van der Waals surface area contributed by atoms with Crippen molar-refractivity contribution in [3.8, 4) is 0 Å². The summed E-state index contributed by atoms with van der Waals surface area (Å²) in [6, 6.07) is 0. The van der Waals surface area contributed by atoms with Crippen molar-refractivity contribution in [3.63, 3.8) is 0 Å². The molecule has 0 aromatic carbocycles. The molecule has 1 aliphatic carbocycles. The molecule has 1 spiro atoms. The minimum absolute atomic E-state index is 0.394. The number of hydrogen-bond acceptors (Lipinski definition) is 3. The maximum Gasteiger partial charge on any atom is 0.110 e. The molecular weight excluding hydrogens is 216 g/mol. The molecule has 2 nitrogen and oxygen atoms in total. The van der Waals surface area contributed by atoms with Gasteiger partial charge in [0.15, 0.2) is 0 Å². The minimum atomic E-state index is 0.394. The molecule has 2 N–H and O–H groups in total. The number of rotatable bonds is 4. The summed E-state index contributed by atoms with van der Waals surface area (Å²) in [7, 11) is 0. The molecule has 2 rings (SSSR count). The van der Waals surface area contributed by atoms with Crippen molar-refractivity contribution in [2.75, 3.05) is 13.1 Å². The fourth-order valence-corrected chi connectivity index (χ4v) is 3.91. The fourth-order valence-electron chi connectivity index (χ4n) is 2.73. The van der Waals surface area contributed by atoms with Crippen LogP contribution in [0.15, 0.2) is 11.5 Å². The molecule has 2 aliphatic rings. The normalized spacial score (nSPS) is 28.8. The van der Waals surface area contributed by atoms with Gasteiger partial charge in [0.05, 0.1) is 0 Å². The minimum Gasteiger partial charge on any atom is -0.293 e. The Kier molecular flexibility index (Phi) is 4.34. The lowest BCUT2D eigenvalue weighted by molar-refractivity contribution is 0.332. The number of unbranched alkanes of at least 4 members (excludes halogenated alkanes) is 1.